The lowest BCUT2D eigenvalue weighted by molar-refractivity contribution is -0.119. The van der Waals surface area contributed by atoms with Crippen LogP contribution in [0.1, 0.15) is 36.5 Å². The van der Waals surface area contributed by atoms with Crippen molar-refractivity contribution >= 4 is 39.2 Å². The van der Waals surface area contributed by atoms with Gasteiger partial charge in [0, 0.05) is 16.3 Å². The Kier molecular flexibility index (Phi) is 5.22. The van der Waals surface area contributed by atoms with Crippen molar-refractivity contribution < 1.29 is 4.79 Å². The Bertz CT molecular complexity index is 666. The molecule has 0 fully saturated rings. The van der Waals surface area contributed by atoms with Crippen LogP contribution in [-0.2, 0) is 4.79 Å². The Morgan fingerprint density at radius 3 is 2.71 bits per heavy atom. The van der Waals surface area contributed by atoms with E-state index in [9.17, 15) is 4.79 Å². The lowest BCUT2D eigenvalue weighted by atomic mass is 10.2. The Morgan fingerprint density at radius 1 is 1.33 bits per heavy atom. The fourth-order valence-electron chi connectivity index (χ4n) is 1.97. The molecule has 1 amide bonds. The van der Waals surface area contributed by atoms with Crippen LogP contribution in [0.25, 0.3) is 10.2 Å². The highest BCUT2D eigenvalue weighted by molar-refractivity contribution is 8.00. The molecule has 6 heteroatoms. The average Bonchev–Trinajstić information content (AvgIpc) is 2.71. The second-order valence-electron chi connectivity index (χ2n) is 5.20. The largest absolute Gasteiger partial charge is 0.353 e. The topological polar surface area (TPSA) is 54.9 Å². The third-order valence-electron chi connectivity index (χ3n) is 3.47. The van der Waals surface area contributed by atoms with Crippen molar-refractivity contribution in [1.29, 1.82) is 0 Å². The van der Waals surface area contributed by atoms with E-state index in [-0.39, 0.29) is 11.9 Å². The van der Waals surface area contributed by atoms with Gasteiger partial charge < -0.3 is 5.32 Å². The molecule has 4 nitrogen and oxygen atoms in total. The fourth-order valence-corrected chi connectivity index (χ4v) is 4.05. The smallest absolute Gasteiger partial charge is 0.230 e. The first kappa shape index (κ1) is 16.2. The highest BCUT2D eigenvalue weighted by Gasteiger charge is 2.15. The van der Waals surface area contributed by atoms with E-state index in [0.717, 1.165) is 27.5 Å². The maximum atomic E-state index is 11.9. The van der Waals surface area contributed by atoms with Crippen LogP contribution in [0.15, 0.2) is 5.03 Å². The minimum Gasteiger partial charge on any atom is -0.353 e. The van der Waals surface area contributed by atoms with Crippen molar-refractivity contribution in [2.24, 2.45) is 0 Å². The number of carbonyl (C=O) groups is 1. The average molecular weight is 323 g/mol. The SMILES string of the molecule is CC[C@@H](C)NC(=O)CSc1nc(C)nc2sc(C)c(C)c12. The number of nitrogens with zero attached hydrogens (tertiary/aromatic N) is 2. The molecule has 1 atom stereocenters. The summed E-state index contributed by atoms with van der Waals surface area (Å²) in [6, 6.07) is 0.218. The number of aromatic nitrogens is 2. The summed E-state index contributed by atoms with van der Waals surface area (Å²) >= 11 is 3.19. The second-order valence-corrected chi connectivity index (χ2v) is 7.37. The molecule has 0 radical (unpaired) electrons. The molecule has 2 rings (SSSR count). The Hall–Kier alpha value is -1.14. The molecule has 0 aliphatic carbocycles. The van der Waals surface area contributed by atoms with Crippen molar-refractivity contribution in [2.75, 3.05) is 5.75 Å². The van der Waals surface area contributed by atoms with E-state index in [4.69, 9.17) is 0 Å². The molecular formula is C15H21N3OS2. The third-order valence-corrected chi connectivity index (χ3v) is 5.54. The number of hydrogen-bond acceptors (Lipinski definition) is 5. The van der Waals surface area contributed by atoms with Gasteiger partial charge in [0.2, 0.25) is 5.91 Å². The van der Waals surface area contributed by atoms with Gasteiger partial charge >= 0.3 is 0 Å². The Labute approximate surface area is 133 Å². The fraction of sp³-hybridized carbons (Fsp3) is 0.533. The van der Waals surface area contributed by atoms with E-state index >= 15 is 0 Å². The van der Waals surface area contributed by atoms with Gasteiger partial charge in [0.15, 0.2) is 0 Å². The van der Waals surface area contributed by atoms with Crippen LogP contribution in [0, 0.1) is 20.8 Å². The first-order valence-electron chi connectivity index (χ1n) is 7.08. The summed E-state index contributed by atoms with van der Waals surface area (Å²) in [6.07, 6.45) is 0.941. The molecule has 0 unspecified atom stereocenters. The van der Waals surface area contributed by atoms with Crippen LogP contribution < -0.4 is 5.32 Å². The molecule has 114 valence electrons. The zero-order valence-electron chi connectivity index (χ0n) is 13.1. The lowest BCUT2D eigenvalue weighted by Gasteiger charge is -2.11. The number of nitrogens with one attached hydrogen (secondary N) is 1. The first-order chi connectivity index (χ1) is 9.92. The van der Waals surface area contributed by atoms with E-state index in [1.165, 1.54) is 22.2 Å². The predicted octanol–water partition coefficient (Wildman–Crippen LogP) is 3.62. The Morgan fingerprint density at radius 2 is 2.05 bits per heavy atom. The minimum atomic E-state index is 0.0587. The van der Waals surface area contributed by atoms with Gasteiger partial charge in [-0.1, -0.05) is 18.7 Å². The van der Waals surface area contributed by atoms with Gasteiger partial charge in [-0.25, -0.2) is 9.97 Å². The van der Waals surface area contributed by atoms with Gasteiger partial charge in [-0.15, -0.1) is 11.3 Å². The molecule has 0 aliphatic heterocycles. The van der Waals surface area contributed by atoms with Crippen molar-refractivity contribution in [2.45, 2.75) is 52.1 Å². The van der Waals surface area contributed by atoms with Gasteiger partial charge in [0.25, 0.3) is 0 Å². The normalized spacial score (nSPS) is 12.6. The van der Waals surface area contributed by atoms with Gasteiger partial charge in [-0.05, 0) is 39.7 Å². The van der Waals surface area contributed by atoms with E-state index in [2.05, 4.69) is 36.1 Å². The van der Waals surface area contributed by atoms with Crippen LogP contribution in [-0.4, -0.2) is 27.7 Å². The van der Waals surface area contributed by atoms with Gasteiger partial charge in [0.1, 0.15) is 15.7 Å². The van der Waals surface area contributed by atoms with Crippen LogP contribution in [0.4, 0.5) is 0 Å². The molecule has 0 aromatic carbocycles. The number of amides is 1. The van der Waals surface area contributed by atoms with Gasteiger partial charge in [-0.2, -0.15) is 0 Å². The minimum absolute atomic E-state index is 0.0587. The lowest BCUT2D eigenvalue weighted by Crippen LogP contribution is -2.33. The summed E-state index contributed by atoms with van der Waals surface area (Å²) in [4.78, 5) is 23.2. The maximum absolute atomic E-state index is 11.9. The van der Waals surface area contributed by atoms with E-state index < -0.39 is 0 Å². The number of rotatable bonds is 5. The summed E-state index contributed by atoms with van der Waals surface area (Å²) in [6.45, 7) is 10.2. The number of fused-ring (bicyclic) bond motifs is 1. The summed E-state index contributed by atoms with van der Waals surface area (Å²) < 4.78 is 0. The molecule has 0 saturated carbocycles. The number of thiophene rings is 1. The molecule has 21 heavy (non-hydrogen) atoms. The quantitative estimate of drug-likeness (QED) is 0.674. The van der Waals surface area contributed by atoms with Gasteiger partial charge in [0.05, 0.1) is 5.75 Å². The number of thioether (sulfide) groups is 1. The molecule has 1 N–H and O–H groups in total. The zero-order valence-corrected chi connectivity index (χ0v) is 14.7. The predicted molar refractivity (Wildman–Crippen MR) is 90.2 cm³/mol. The standard InChI is InChI=1S/C15H21N3OS2/c1-6-8(2)16-12(19)7-20-14-13-9(3)10(4)21-15(13)18-11(5)17-14/h8H,6-7H2,1-5H3,(H,16,19)/t8-/m1/s1. The summed E-state index contributed by atoms with van der Waals surface area (Å²) in [7, 11) is 0. The van der Waals surface area contributed by atoms with Crippen molar-refractivity contribution in [3.05, 3.63) is 16.3 Å². The van der Waals surface area contributed by atoms with Crippen LogP contribution in [0.2, 0.25) is 0 Å². The number of carbonyl (C=O) groups excluding carboxylic acids is 1. The summed E-state index contributed by atoms with van der Waals surface area (Å²) in [5, 5.41) is 5.00. The highest BCUT2D eigenvalue weighted by atomic mass is 32.2. The van der Waals surface area contributed by atoms with Crippen molar-refractivity contribution in [3.63, 3.8) is 0 Å². The van der Waals surface area contributed by atoms with Crippen LogP contribution >= 0.6 is 23.1 Å². The molecule has 0 bridgehead atoms. The van der Waals surface area contributed by atoms with E-state index in [1.807, 2.05) is 13.8 Å². The molecule has 2 aromatic heterocycles. The first-order valence-corrected chi connectivity index (χ1v) is 8.89. The molecule has 2 aromatic rings. The maximum Gasteiger partial charge on any atom is 0.230 e. The molecule has 0 aliphatic rings. The van der Waals surface area contributed by atoms with Crippen molar-refractivity contribution in [3.8, 4) is 0 Å². The molecule has 0 spiro atoms. The van der Waals surface area contributed by atoms with Crippen LogP contribution in [0.3, 0.4) is 0 Å². The summed E-state index contributed by atoms with van der Waals surface area (Å²) in [5.41, 5.74) is 1.22. The van der Waals surface area contributed by atoms with Crippen LogP contribution in [0.5, 0.6) is 0 Å². The molecular weight excluding hydrogens is 302 g/mol. The monoisotopic (exact) mass is 323 g/mol. The summed E-state index contributed by atoms with van der Waals surface area (Å²) in [5.74, 6) is 1.21. The third kappa shape index (κ3) is 3.74. The molecule has 0 saturated heterocycles. The van der Waals surface area contributed by atoms with E-state index in [0.29, 0.717) is 5.75 Å². The molecule has 2 heterocycles. The highest BCUT2D eigenvalue weighted by Crippen LogP contribution is 2.34. The van der Waals surface area contributed by atoms with E-state index in [1.54, 1.807) is 11.3 Å². The Balaban J connectivity index is 2.20. The van der Waals surface area contributed by atoms with Gasteiger partial charge in [-0.3, -0.25) is 4.79 Å². The zero-order chi connectivity index (χ0) is 15.6. The van der Waals surface area contributed by atoms with Crippen molar-refractivity contribution in [1.82, 2.24) is 15.3 Å². The number of aryl methyl sites for hydroxylation is 3. The second kappa shape index (κ2) is 6.75. The number of hydrogen-bond donors (Lipinski definition) is 1.